The Kier molecular flexibility index (Phi) is 4.83. The first-order valence-corrected chi connectivity index (χ1v) is 8.42. The van der Waals surface area contributed by atoms with E-state index in [1.54, 1.807) is 19.4 Å². The maximum absolute atomic E-state index is 12.4. The normalized spacial score (nSPS) is 20.6. The summed E-state index contributed by atoms with van der Waals surface area (Å²) in [5.74, 6) is 0.125. The van der Waals surface area contributed by atoms with Crippen molar-refractivity contribution in [2.45, 2.75) is 51.2 Å². The summed E-state index contributed by atoms with van der Waals surface area (Å²) in [7, 11) is 0. The summed E-state index contributed by atoms with van der Waals surface area (Å²) in [5, 5.41) is 2.98. The number of aromatic nitrogens is 2. The molecule has 126 valence electrons. The van der Waals surface area contributed by atoms with Crippen LogP contribution >= 0.6 is 0 Å². The molecule has 0 bridgehead atoms. The van der Waals surface area contributed by atoms with E-state index in [9.17, 15) is 9.59 Å². The molecule has 1 saturated carbocycles. The smallest absolute Gasteiger partial charge is 0.317 e. The van der Waals surface area contributed by atoms with Crippen LogP contribution in [0.2, 0.25) is 0 Å². The molecule has 1 aliphatic heterocycles. The van der Waals surface area contributed by atoms with Gasteiger partial charge in [0.1, 0.15) is 0 Å². The van der Waals surface area contributed by atoms with E-state index in [1.165, 1.54) is 0 Å². The molecule has 1 aromatic heterocycles. The van der Waals surface area contributed by atoms with Crippen LogP contribution in [-0.4, -0.2) is 63.0 Å². The number of hydrogen-bond donors (Lipinski definition) is 1. The first kappa shape index (κ1) is 15.8. The minimum absolute atomic E-state index is 0.0214. The van der Waals surface area contributed by atoms with Crippen LogP contribution in [-0.2, 0) is 11.3 Å². The molecule has 0 radical (unpaired) electrons. The van der Waals surface area contributed by atoms with Gasteiger partial charge in [-0.2, -0.15) is 0 Å². The average molecular weight is 319 g/mol. The monoisotopic (exact) mass is 319 g/mol. The molecule has 0 spiro atoms. The molecule has 1 saturated heterocycles. The average Bonchev–Trinajstić information content (AvgIpc) is 3.03. The van der Waals surface area contributed by atoms with Crippen molar-refractivity contribution >= 4 is 11.9 Å². The number of carbonyl (C=O) groups excluding carboxylic acids is 2. The van der Waals surface area contributed by atoms with Crippen molar-refractivity contribution in [3.8, 4) is 0 Å². The van der Waals surface area contributed by atoms with Crippen molar-refractivity contribution in [1.29, 1.82) is 0 Å². The van der Waals surface area contributed by atoms with E-state index in [1.807, 2.05) is 20.6 Å². The number of nitrogens with one attached hydrogen (secondary N) is 1. The fraction of sp³-hybridized carbons (Fsp3) is 0.688. The number of hydrogen-bond acceptors (Lipinski definition) is 3. The van der Waals surface area contributed by atoms with E-state index >= 15 is 0 Å². The standard InChI is InChI=1S/C16H25N5O2/c1-13(22)21(14-4-5-14)11-15-3-2-8-20(15)16(23)18-7-10-19-9-6-17-12-19/h6,9,12,14-15H,2-5,7-8,10-11H2,1H3,(H,18,23)/t15-/m1/s1. The third-order valence-electron chi connectivity index (χ3n) is 4.64. The molecule has 0 unspecified atom stereocenters. The quantitative estimate of drug-likeness (QED) is 0.852. The Morgan fingerprint density at radius 3 is 2.83 bits per heavy atom. The van der Waals surface area contributed by atoms with E-state index in [0.29, 0.717) is 25.7 Å². The maximum atomic E-state index is 12.4. The summed E-state index contributed by atoms with van der Waals surface area (Å²) in [4.78, 5) is 32.0. The van der Waals surface area contributed by atoms with Crippen molar-refractivity contribution in [2.24, 2.45) is 0 Å². The third kappa shape index (κ3) is 4.03. The van der Waals surface area contributed by atoms with Gasteiger partial charge in [0.15, 0.2) is 0 Å². The van der Waals surface area contributed by atoms with Gasteiger partial charge in [0.2, 0.25) is 5.91 Å². The van der Waals surface area contributed by atoms with Gasteiger partial charge < -0.3 is 19.7 Å². The molecule has 2 fully saturated rings. The fourth-order valence-corrected chi connectivity index (χ4v) is 3.25. The van der Waals surface area contributed by atoms with Crippen LogP contribution in [0.5, 0.6) is 0 Å². The van der Waals surface area contributed by atoms with Crippen molar-refractivity contribution < 1.29 is 9.59 Å². The highest BCUT2D eigenvalue weighted by Crippen LogP contribution is 2.29. The molecular formula is C16H25N5O2. The summed E-state index contributed by atoms with van der Waals surface area (Å²) >= 11 is 0. The largest absolute Gasteiger partial charge is 0.338 e. The molecule has 3 rings (SSSR count). The van der Waals surface area contributed by atoms with Gasteiger partial charge in [-0.25, -0.2) is 9.78 Å². The number of urea groups is 1. The Bertz CT molecular complexity index is 541. The first-order valence-electron chi connectivity index (χ1n) is 8.42. The van der Waals surface area contributed by atoms with Crippen LogP contribution in [0.3, 0.4) is 0 Å². The van der Waals surface area contributed by atoms with Gasteiger partial charge in [-0.05, 0) is 25.7 Å². The lowest BCUT2D eigenvalue weighted by molar-refractivity contribution is -0.130. The number of imidazole rings is 1. The molecule has 7 heteroatoms. The van der Waals surface area contributed by atoms with E-state index in [4.69, 9.17) is 0 Å². The second kappa shape index (κ2) is 7.02. The third-order valence-corrected chi connectivity index (χ3v) is 4.64. The number of likely N-dealkylation sites (tertiary alicyclic amines) is 1. The predicted molar refractivity (Wildman–Crippen MR) is 85.8 cm³/mol. The molecule has 1 aliphatic carbocycles. The summed E-state index contributed by atoms with van der Waals surface area (Å²) < 4.78 is 1.94. The van der Waals surface area contributed by atoms with Crippen molar-refractivity contribution in [3.05, 3.63) is 18.7 Å². The molecular weight excluding hydrogens is 294 g/mol. The molecule has 1 N–H and O–H groups in total. The van der Waals surface area contributed by atoms with Crippen LogP contribution in [0.15, 0.2) is 18.7 Å². The molecule has 23 heavy (non-hydrogen) atoms. The van der Waals surface area contributed by atoms with Gasteiger partial charge in [0.05, 0.1) is 12.4 Å². The van der Waals surface area contributed by atoms with Crippen LogP contribution in [0.1, 0.15) is 32.6 Å². The van der Waals surface area contributed by atoms with Crippen LogP contribution in [0.4, 0.5) is 4.79 Å². The lowest BCUT2D eigenvalue weighted by Crippen LogP contribution is -2.49. The summed E-state index contributed by atoms with van der Waals surface area (Å²) in [6, 6.07) is 0.527. The number of rotatable bonds is 6. The second-order valence-corrected chi connectivity index (χ2v) is 6.42. The van der Waals surface area contributed by atoms with Gasteiger partial charge in [0.25, 0.3) is 0 Å². The Morgan fingerprint density at radius 1 is 1.35 bits per heavy atom. The zero-order chi connectivity index (χ0) is 16.2. The highest BCUT2D eigenvalue weighted by molar-refractivity contribution is 5.76. The van der Waals surface area contributed by atoms with Crippen LogP contribution in [0, 0.1) is 0 Å². The number of nitrogens with zero attached hydrogens (tertiary/aromatic N) is 4. The van der Waals surface area contributed by atoms with Crippen molar-refractivity contribution in [1.82, 2.24) is 24.7 Å². The molecule has 0 aromatic carbocycles. The summed E-state index contributed by atoms with van der Waals surface area (Å²) in [6.07, 6.45) is 9.54. The number of amides is 3. The molecule has 1 atom stereocenters. The van der Waals surface area contributed by atoms with Gasteiger partial charge in [-0.3, -0.25) is 4.79 Å². The lowest BCUT2D eigenvalue weighted by atomic mass is 10.2. The minimum atomic E-state index is -0.0214. The Balaban J connectivity index is 1.49. The molecule has 1 aromatic rings. The van der Waals surface area contributed by atoms with E-state index in [0.717, 1.165) is 32.2 Å². The minimum Gasteiger partial charge on any atom is -0.338 e. The Labute approximate surface area is 136 Å². The van der Waals surface area contributed by atoms with Gasteiger partial charge in [0, 0.05) is 51.5 Å². The topological polar surface area (TPSA) is 70.5 Å². The fourth-order valence-electron chi connectivity index (χ4n) is 3.25. The predicted octanol–water partition coefficient (Wildman–Crippen LogP) is 1.07. The molecule has 2 aliphatic rings. The SMILES string of the molecule is CC(=O)N(C[C@H]1CCCN1C(=O)NCCn1ccnc1)C1CC1. The second-order valence-electron chi connectivity index (χ2n) is 6.42. The van der Waals surface area contributed by atoms with Crippen molar-refractivity contribution in [3.63, 3.8) is 0 Å². The molecule has 2 heterocycles. The molecule has 3 amide bonds. The zero-order valence-corrected chi connectivity index (χ0v) is 13.6. The van der Waals surface area contributed by atoms with Gasteiger partial charge in [-0.1, -0.05) is 0 Å². The highest BCUT2D eigenvalue weighted by atomic mass is 16.2. The maximum Gasteiger partial charge on any atom is 0.317 e. The van der Waals surface area contributed by atoms with Gasteiger partial charge >= 0.3 is 6.03 Å². The van der Waals surface area contributed by atoms with E-state index < -0.39 is 0 Å². The Hall–Kier alpha value is -2.05. The summed E-state index contributed by atoms with van der Waals surface area (Å²) in [6.45, 7) is 4.37. The van der Waals surface area contributed by atoms with Crippen molar-refractivity contribution in [2.75, 3.05) is 19.6 Å². The lowest BCUT2D eigenvalue weighted by Gasteiger charge is -2.30. The molecule has 7 nitrogen and oxygen atoms in total. The summed E-state index contributed by atoms with van der Waals surface area (Å²) in [5.41, 5.74) is 0. The van der Waals surface area contributed by atoms with Crippen LogP contribution in [0.25, 0.3) is 0 Å². The van der Waals surface area contributed by atoms with Gasteiger partial charge in [-0.15, -0.1) is 0 Å². The first-order chi connectivity index (χ1) is 11.1. The van der Waals surface area contributed by atoms with Crippen LogP contribution < -0.4 is 5.32 Å². The Morgan fingerprint density at radius 2 is 2.17 bits per heavy atom. The van der Waals surface area contributed by atoms with E-state index in [-0.39, 0.29) is 18.0 Å². The number of carbonyl (C=O) groups is 2. The highest BCUT2D eigenvalue weighted by Gasteiger charge is 2.36. The zero-order valence-electron chi connectivity index (χ0n) is 13.6. The van der Waals surface area contributed by atoms with E-state index in [2.05, 4.69) is 10.3 Å².